The fourth-order valence-corrected chi connectivity index (χ4v) is 2.79. The minimum absolute atomic E-state index is 0.121. The summed E-state index contributed by atoms with van der Waals surface area (Å²) in [5.74, 6) is -0.121. The maximum Gasteiger partial charge on any atom is 0.120 e. The monoisotopic (exact) mass is 273 g/mol. The first kappa shape index (κ1) is 9.93. The summed E-state index contributed by atoms with van der Waals surface area (Å²) in [6.45, 7) is 2.34. The molecule has 2 heterocycles. The molecule has 0 bridgehead atoms. The number of hydrogen-bond acceptors (Lipinski definition) is 2. The van der Waals surface area contributed by atoms with Crippen LogP contribution in [0.25, 0.3) is 5.57 Å². The number of rotatable bonds is 1. The molecule has 1 N–H and O–H groups in total. The maximum absolute atomic E-state index is 13.0. The SMILES string of the molecule is Cc1sc(C2=CNCC(F)=C2)cc1Br. The highest BCUT2D eigenvalue weighted by Gasteiger charge is 2.10. The minimum atomic E-state index is -0.121. The Kier molecular flexibility index (Phi) is 2.74. The topological polar surface area (TPSA) is 12.0 Å². The van der Waals surface area contributed by atoms with E-state index in [0.29, 0.717) is 6.54 Å². The van der Waals surface area contributed by atoms with Gasteiger partial charge in [-0.3, -0.25) is 0 Å². The summed E-state index contributed by atoms with van der Waals surface area (Å²) in [7, 11) is 0. The molecule has 1 nitrogen and oxygen atoms in total. The molecule has 1 aliphatic rings. The Morgan fingerprint density at radius 1 is 1.57 bits per heavy atom. The van der Waals surface area contributed by atoms with Crippen molar-refractivity contribution in [2.45, 2.75) is 6.92 Å². The summed E-state index contributed by atoms with van der Waals surface area (Å²) in [6.07, 6.45) is 3.43. The van der Waals surface area contributed by atoms with Crippen molar-refractivity contribution in [2.24, 2.45) is 0 Å². The van der Waals surface area contributed by atoms with Crippen LogP contribution in [0.2, 0.25) is 0 Å². The third-order valence-corrected chi connectivity index (χ3v) is 4.17. The molecular weight excluding hydrogens is 265 g/mol. The van der Waals surface area contributed by atoms with E-state index in [0.717, 1.165) is 14.9 Å². The van der Waals surface area contributed by atoms with Crippen LogP contribution in [0, 0.1) is 6.92 Å². The molecule has 2 rings (SSSR count). The number of hydrogen-bond donors (Lipinski definition) is 1. The van der Waals surface area contributed by atoms with Gasteiger partial charge in [0, 0.05) is 26.0 Å². The van der Waals surface area contributed by atoms with Crippen LogP contribution in [0.3, 0.4) is 0 Å². The zero-order valence-electron chi connectivity index (χ0n) is 7.60. The quantitative estimate of drug-likeness (QED) is 0.824. The van der Waals surface area contributed by atoms with Crippen LogP contribution >= 0.6 is 27.3 Å². The van der Waals surface area contributed by atoms with Crippen LogP contribution in [0.15, 0.2) is 28.6 Å². The summed E-state index contributed by atoms with van der Waals surface area (Å²) in [6, 6.07) is 2.02. The van der Waals surface area contributed by atoms with Gasteiger partial charge in [0.05, 0.1) is 6.54 Å². The molecule has 0 aromatic carbocycles. The third-order valence-electron chi connectivity index (χ3n) is 1.98. The van der Waals surface area contributed by atoms with E-state index >= 15 is 0 Å². The van der Waals surface area contributed by atoms with Gasteiger partial charge in [-0.1, -0.05) is 0 Å². The van der Waals surface area contributed by atoms with Crippen LogP contribution in [-0.4, -0.2) is 6.54 Å². The molecule has 0 spiro atoms. The first-order valence-corrected chi connectivity index (χ1v) is 5.83. The number of thiophene rings is 1. The molecule has 1 aliphatic heterocycles. The van der Waals surface area contributed by atoms with Crippen LogP contribution in [0.4, 0.5) is 4.39 Å². The van der Waals surface area contributed by atoms with Crippen molar-refractivity contribution >= 4 is 32.8 Å². The summed E-state index contributed by atoms with van der Waals surface area (Å²) >= 11 is 5.10. The van der Waals surface area contributed by atoms with Crippen LogP contribution in [0.5, 0.6) is 0 Å². The van der Waals surface area contributed by atoms with Crippen molar-refractivity contribution in [3.8, 4) is 0 Å². The van der Waals surface area contributed by atoms with E-state index in [1.165, 1.54) is 4.88 Å². The van der Waals surface area contributed by atoms with Crippen molar-refractivity contribution in [2.75, 3.05) is 6.54 Å². The van der Waals surface area contributed by atoms with Gasteiger partial charge >= 0.3 is 0 Å². The molecule has 0 atom stereocenters. The third kappa shape index (κ3) is 1.91. The van der Waals surface area contributed by atoms with E-state index in [-0.39, 0.29) is 5.83 Å². The highest BCUT2D eigenvalue weighted by molar-refractivity contribution is 9.10. The molecular formula is C10H9BrFNS. The molecule has 0 saturated heterocycles. The Labute approximate surface area is 94.5 Å². The Bertz CT molecular complexity index is 400. The molecule has 74 valence electrons. The van der Waals surface area contributed by atoms with Crippen molar-refractivity contribution in [3.05, 3.63) is 38.4 Å². The summed E-state index contributed by atoms with van der Waals surface area (Å²) in [5.41, 5.74) is 0.910. The molecule has 0 amide bonds. The van der Waals surface area contributed by atoms with E-state index in [2.05, 4.69) is 21.2 Å². The van der Waals surface area contributed by atoms with Gasteiger partial charge in [-0.25, -0.2) is 4.39 Å². The highest BCUT2D eigenvalue weighted by Crippen LogP contribution is 2.32. The van der Waals surface area contributed by atoms with Crippen LogP contribution < -0.4 is 5.32 Å². The zero-order chi connectivity index (χ0) is 10.1. The van der Waals surface area contributed by atoms with E-state index in [1.807, 2.05) is 19.2 Å². The first-order valence-electron chi connectivity index (χ1n) is 4.23. The molecule has 0 aliphatic carbocycles. The molecule has 4 heteroatoms. The fourth-order valence-electron chi connectivity index (χ4n) is 1.26. The number of dihydropyridines is 1. The fraction of sp³-hybridized carbons (Fsp3) is 0.200. The normalized spacial score (nSPS) is 15.9. The van der Waals surface area contributed by atoms with Gasteiger partial charge in [0.1, 0.15) is 5.83 Å². The van der Waals surface area contributed by atoms with Crippen molar-refractivity contribution < 1.29 is 4.39 Å². The van der Waals surface area contributed by atoms with E-state index in [9.17, 15) is 4.39 Å². The van der Waals surface area contributed by atoms with E-state index < -0.39 is 0 Å². The van der Waals surface area contributed by atoms with Crippen molar-refractivity contribution in [1.29, 1.82) is 0 Å². The molecule has 1 aromatic heterocycles. The predicted molar refractivity (Wildman–Crippen MR) is 61.9 cm³/mol. The van der Waals surface area contributed by atoms with Gasteiger partial charge in [0.2, 0.25) is 0 Å². The summed E-state index contributed by atoms with van der Waals surface area (Å²) in [4.78, 5) is 2.29. The van der Waals surface area contributed by atoms with Gasteiger partial charge in [-0.2, -0.15) is 0 Å². The largest absolute Gasteiger partial charge is 0.384 e. The van der Waals surface area contributed by atoms with Gasteiger partial charge in [-0.05, 0) is 35.0 Å². The molecule has 0 unspecified atom stereocenters. The second-order valence-corrected chi connectivity index (χ2v) is 5.20. The smallest absolute Gasteiger partial charge is 0.120 e. The number of halogens is 2. The Morgan fingerprint density at radius 3 is 2.93 bits per heavy atom. The second-order valence-electron chi connectivity index (χ2n) is 3.09. The van der Waals surface area contributed by atoms with E-state index in [4.69, 9.17) is 0 Å². The Hall–Kier alpha value is -0.610. The number of allylic oxidation sites excluding steroid dienone is 2. The number of nitrogens with one attached hydrogen (secondary N) is 1. The average Bonchev–Trinajstić information content (AvgIpc) is 2.47. The van der Waals surface area contributed by atoms with E-state index in [1.54, 1.807) is 17.4 Å². The maximum atomic E-state index is 13.0. The van der Waals surface area contributed by atoms with Crippen LogP contribution in [-0.2, 0) is 0 Å². The molecule has 0 radical (unpaired) electrons. The lowest BCUT2D eigenvalue weighted by Gasteiger charge is -2.08. The van der Waals surface area contributed by atoms with Gasteiger partial charge < -0.3 is 5.32 Å². The molecule has 1 aromatic rings. The highest BCUT2D eigenvalue weighted by atomic mass is 79.9. The lowest BCUT2D eigenvalue weighted by molar-refractivity contribution is 0.596. The van der Waals surface area contributed by atoms with Crippen molar-refractivity contribution in [1.82, 2.24) is 5.32 Å². The zero-order valence-corrected chi connectivity index (χ0v) is 10.0. The van der Waals surface area contributed by atoms with Crippen molar-refractivity contribution in [3.63, 3.8) is 0 Å². The lowest BCUT2D eigenvalue weighted by atomic mass is 10.2. The molecule has 0 saturated carbocycles. The Morgan fingerprint density at radius 2 is 2.36 bits per heavy atom. The Balaban J connectivity index is 2.36. The summed E-state index contributed by atoms with van der Waals surface area (Å²) < 4.78 is 14.1. The molecule has 14 heavy (non-hydrogen) atoms. The molecule has 0 fully saturated rings. The van der Waals surface area contributed by atoms with Gasteiger partial charge in [0.15, 0.2) is 0 Å². The van der Waals surface area contributed by atoms with Crippen LogP contribution in [0.1, 0.15) is 9.75 Å². The minimum Gasteiger partial charge on any atom is -0.384 e. The first-order chi connectivity index (χ1) is 6.66. The van der Waals surface area contributed by atoms with Gasteiger partial charge in [-0.15, -0.1) is 11.3 Å². The second kappa shape index (κ2) is 3.87. The predicted octanol–water partition coefficient (Wildman–Crippen LogP) is 3.62. The van der Waals surface area contributed by atoms with Gasteiger partial charge in [0.25, 0.3) is 0 Å². The average molecular weight is 274 g/mol. The number of aryl methyl sites for hydroxylation is 1. The summed E-state index contributed by atoms with van der Waals surface area (Å²) in [5, 5.41) is 2.90. The standard InChI is InChI=1S/C10H9BrFNS/c1-6-9(11)3-10(14-6)7-2-8(12)5-13-4-7/h2-4,13H,5H2,1H3. The lowest BCUT2D eigenvalue weighted by Crippen LogP contribution is -2.11.